The maximum Gasteiger partial charge on any atom is 0.0502 e. The molecule has 22 heavy (non-hydrogen) atoms. The number of benzene rings is 3. The highest BCUT2D eigenvalue weighted by atomic mass is 14.7. The zero-order valence-corrected chi connectivity index (χ0v) is 12.1. The molecule has 3 nitrogen and oxygen atoms in total. The zero-order chi connectivity index (χ0) is 15.1. The third-order valence-corrected chi connectivity index (χ3v) is 4.07. The van der Waals surface area contributed by atoms with E-state index in [1.54, 1.807) is 0 Å². The topological polar surface area (TPSA) is 67.8 Å². The largest absolute Gasteiger partial charge is 0.399 e. The number of hydrogen-bond acceptors (Lipinski definition) is 2. The molecular formula is C19H17N3. The minimum Gasteiger partial charge on any atom is -0.399 e. The SMILES string of the molecule is Nc1ccc2[nH]c3c(Cc4ccccc4)cc(N)cc3c2c1. The molecule has 1 heterocycles. The number of nitrogen functional groups attached to an aromatic ring is 2. The Morgan fingerprint density at radius 2 is 1.55 bits per heavy atom. The van der Waals surface area contributed by atoms with E-state index in [0.29, 0.717) is 0 Å². The maximum absolute atomic E-state index is 6.12. The highest BCUT2D eigenvalue weighted by molar-refractivity contribution is 6.10. The molecule has 0 bridgehead atoms. The van der Waals surface area contributed by atoms with Gasteiger partial charge in [-0.15, -0.1) is 0 Å². The second kappa shape index (κ2) is 4.81. The molecule has 108 valence electrons. The number of nitrogens with one attached hydrogen (secondary N) is 1. The fourth-order valence-corrected chi connectivity index (χ4v) is 3.07. The number of anilines is 2. The lowest BCUT2D eigenvalue weighted by atomic mass is 10.0. The van der Waals surface area contributed by atoms with E-state index in [0.717, 1.165) is 39.6 Å². The summed E-state index contributed by atoms with van der Waals surface area (Å²) in [7, 11) is 0. The number of H-pyrrole nitrogens is 1. The van der Waals surface area contributed by atoms with Gasteiger partial charge in [-0.05, 0) is 47.9 Å². The van der Waals surface area contributed by atoms with Crippen LogP contribution < -0.4 is 11.5 Å². The van der Waals surface area contributed by atoms with Gasteiger partial charge in [-0.1, -0.05) is 30.3 Å². The predicted molar refractivity (Wildman–Crippen MR) is 93.9 cm³/mol. The third kappa shape index (κ3) is 2.07. The molecule has 0 aliphatic carbocycles. The summed E-state index contributed by atoms with van der Waals surface area (Å²) in [5, 5.41) is 2.25. The van der Waals surface area contributed by atoms with Crippen molar-refractivity contribution in [2.75, 3.05) is 11.5 Å². The minimum atomic E-state index is 0.764. The van der Waals surface area contributed by atoms with Crippen LogP contribution in [0.3, 0.4) is 0 Å². The second-order valence-corrected chi connectivity index (χ2v) is 5.69. The Morgan fingerprint density at radius 3 is 2.36 bits per heavy atom. The lowest BCUT2D eigenvalue weighted by Crippen LogP contribution is -1.93. The molecule has 3 aromatic carbocycles. The molecule has 0 spiro atoms. The van der Waals surface area contributed by atoms with Gasteiger partial charge >= 0.3 is 0 Å². The van der Waals surface area contributed by atoms with Gasteiger partial charge in [-0.3, -0.25) is 0 Å². The first kappa shape index (κ1) is 12.8. The average Bonchev–Trinajstić information content (AvgIpc) is 2.87. The van der Waals surface area contributed by atoms with E-state index in [4.69, 9.17) is 11.5 Å². The third-order valence-electron chi connectivity index (χ3n) is 4.07. The lowest BCUT2D eigenvalue weighted by Gasteiger charge is -2.06. The number of fused-ring (bicyclic) bond motifs is 3. The number of aromatic nitrogens is 1. The van der Waals surface area contributed by atoms with Gasteiger partial charge in [-0.2, -0.15) is 0 Å². The van der Waals surface area contributed by atoms with Gasteiger partial charge in [0.15, 0.2) is 0 Å². The molecule has 0 radical (unpaired) electrons. The van der Waals surface area contributed by atoms with Crippen LogP contribution in [0.25, 0.3) is 21.8 Å². The van der Waals surface area contributed by atoms with E-state index in [1.165, 1.54) is 11.1 Å². The summed E-state index contributed by atoms with van der Waals surface area (Å²) in [6.45, 7) is 0. The number of nitrogens with two attached hydrogens (primary N) is 2. The van der Waals surface area contributed by atoms with Gasteiger partial charge < -0.3 is 16.5 Å². The molecule has 5 N–H and O–H groups in total. The van der Waals surface area contributed by atoms with Crippen molar-refractivity contribution in [1.29, 1.82) is 0 Å². The molecule has 0 atom stereocenters. The fraction of sp³-hybridized carbons (Fsp3) is 0.0526. The van der Waals surface area contributed by atoms with E-state index in [1.807, 2.05) is 36.4 Å². The summed E-state index contributed by atoms with van der Waals surface area (Å²) >= 11 is 0. The van der Waals surface area contributed by atoms with Crippen molar-refractivity contribution in [3.8, 4) is 0 Å². The molecule has 0 unspecified atom stereocenters. The Bertz CT molecular complexity index is 968. The van der Waals surface area contributed by atoms with Gasteiger partial charge in [0.25, 0.3) is 0 Å². The maximum atomic E-state index is 6.12. The normalized spacial score (nSPS) is 11.3. The van der Waals surface area contributed by atoms with Crippen molar-refractivity contribution in [3.05, 3.63) is 71.8 Å². The van der Waals surface area contributed by atoms with Crippen molar-refractivity contribution in [1.82, 2.24) is 4.98 Å². The van der Waals surface area contributed by atoms with Crippen molar-refractivity contribution in [3.63, 3.8) is 0 Å². The lowest BCUT2D eigenvalue weighted by molar-refractivity contribution is 1.20. The van der Waals surface area contributed by atoms with Crippen molar-refractivity contribution < 1.29 is 0 Å². The molecule has 1 aromatic heterocycles. The van der Waals surface area contributed by atoms with Crippen molar-refractivity contribution in [2.45, 2.75) is 6.42 Å². The van der Waals surface area contributed by atoms with Gasteiger partial charge in [0, 0.05) is 27.7 Å². The van der Waals surface area contributed by atoms with Crippen LogP contribution in [-0.2, 0) is 6.42 Å². The predicted octanol–water partition coefficient (Wildman–Crippen LogP) is 4.08. The van der Waals surface area contributed by atoms with Crippen LogP contribution in [-0.4, -0.2) is 4.98 Å². The number of aromatic amines is 1. The first-order valence-corrected chi connectivity index (χ1v) is 7.34. The number of hydrogen-bond donors (Lipinski definition) is 3. The van der Waals surface area contributed by atoms with Crippen LogP contribution in [0.4, 0.5) is 11.4 Å². The summed E-state index contributed by atoms with van der Waals surface area (Å²) in [6, 6.07) is 20.4. The summed E-state index contributed by atoms with van der Waals surface area (Å²) in [5.41, 5.74) is 18.3. The summed E-state index contributed by atoms with van der Waals surface area (Å²) in [4.78, 5) is 3.51. The molecule has 0 aliphatic rings. The fourth-order valence-electron chi connectivity index (χ4n) is 3.07. The molecule has 0 saturated carbocycles. The molecule has 4 aromatic rings. The Labute approximate surface area is 128 Å². The van der Waals surface area contributed by atoms with Gasteiger partial charge in [-0.25, -0.2) is 0 Å². The first-order valence-electron chi connectivity index (χ1n) is 7.34. The highest BCUT2D eigenvalue weighted by Gasteiger charge is 2.10. The van der Waals surface area contributed by atoms with Crippen molar-refractivity contribution in [2.24, 2.45) is 0 Å². The zero-order valence-electron chi connectivity index (χ0n) is 12.1. The minimum absolute atomic E-state index is 0.764. The van der Waals surface area contributed by atoms with Crippen LogP contribution in [0.5, 0.6) is 0 Å². The Hall–Kier alpha value is -2.94. The molecule has 3 heteroatoms. The molecule has 0 amide bonds. The standard InChI is InChI=1S/C19H17N3/c20-14-6-7-18-16(10-14)17-11-15(21)9-13(19(17)22-18)8-12-4-2-1-3-5-12/h1-7,9-11,22H,8,20-21H2. The summed E-state index contributed by atoms with van der Waals surface area (Å²) in [5.74, 6) is 0. The van der Waals surface area contributed by atoms with Gasteiger partial charge in [0.2, 0.25) is 0 Å². The molecule has 0 saturated heterocycles. The van der Waals surface area contributed by atoms with E-state index in [9.17, 15) is 0 Å². The Kier molecular flexibility index (Phi) is 2.79. The first-order chi connectivity index (χ1) is 10.7. The molecule has 4 rings (SSSR count). The molecule has 0 fully saturated rings. The number of rotatable bonds is 2. The average molecular weight is 287 g/mol. The summed E-state index contributed by atoms with van der Waals surface area (Å²) < 4.78 is 0. The van der Waals surface area contributed by atoms with Crippen molar-refractivity contribution >= 4 is 33.2 Å². The smallest absolute Gasteiger partial charge is 0.0502 e. The van der Waals surface area contributed by atoms with E-state index >= 15 is 0 Å². The van der Waals surface area contributed by atoms with E-state index in [2.05, 4.69) is 29.2 Å². The van der Waals surface area contributed by atoms with Gasteiger partial charge in [0.1, 0.15) is 0 Å². The van der Waals surface area contributed by atoms with Crippen LogP contribution in [0.2, 0.25) is 0 Å². The second-order valence-electron chi connectivity index (χ2n) is 5.69. The highest BCUT2D eigenvalue weighted by Crippen LogP contribution is 2.32. The van der Waals surface area contributed by atoms with E-state index in [-0.39, 0.29) is 0 Å². The van der Waals surface area contributed by atoms with Crippen LogP contribution in [0.15, 0.2) is 60.7 Å². The summed E-state index contributed by atoms with van der Waals surface area (Å²) in [6.07, 6.45) is 0.852. The van der Waals surface area contributed by atoms with E-state index < -0.39 is 0 Å². The molecule has 0 aliphatic heterocycles. The molecular weight excluding hydrogens is 270 g/mol. The Balaban J connectivity index is 1.96. The van der Waals surface area contributed by atoms with Crippen LogP contribution in [0.1, 0.15) is 11.1 Å². The quantitative estimate of drug-likeness (QED) is 0.486. The van der Waals surface area contributed by atoms with Crippen LogP contribution in [0, 0.1) is 0 Å². The monoisotopic (exact) mass is 287 g/mol. The van der Waals surface area contributed by atoms with Crippen LogP contribution >= 0.6 is 0 Å². The Morgan fingerprint density at radius 1 is 0.773 bits per heavy atom. The van der Waals surface area contributed by atoms with Gasteiger partial charge in [0.05, 0.1) is 5.52 Å².